The number of hydrogen-bond donors (Lipinski definition) is 1. The van der Waals surface area contributed by atoms with Gasteiger partial charge in [-0.15, -0.1) is 0 Å². The van der Waals surface area contributed by atoms with E-state index in [1.165, 1.54) is 0 Å². The van der Waals surface area contributed by atoms with Gasteiger partial charge in [0.2, 0.25) is 0 Å². The lowest BCUT2D eigenvalue weighted by molar-refractivity contribution is -0.134. The Labute approximate surface area is 42.4 Å². The van der Waals surface area contributed by atoms with E-state index in [0.717, 1.165) is 0 Å². The molecule has 5 heteroatoms. The summed E-state index contributed by atoms with van der Waals surface area (Å²) in [4.78, 5) is 9.42. The summed E-state index contributed by atoms with van der Waals surface area (Å²) >= 11 is -2.45. The molecule has 0 spiro atoms. The zero-order valence-corrected chi connectivity index (χ0v) is 4.10. The van der Waals surface area contributed by atoms with Gasteiger partial charge in [-0.2, -0.15) is 0 Å². The minimum absolute atomic E-state index is 0.806. The molecule has 0 radical (unpaired) electrons. The molecule has 0 rings (SSSR count). The molecule has 0 aliphatic heterocycles. The Morgan fingerprint density at radius 3 is 2.29 bits per heavy atom. The van der Waals surface area contributed by atoms with Gasteiger partial charge in [-0.1, -0.05) is 0 Å². The molecule has 0 amide bonds. The SMILES string of the molecule is O=C(O)CS(=O)[O-]. The van der Waals surface area contributed by atoms with Crippen molar-refractivity contribution in [3.63, 3.8) is 0 Å². The van der Waals surface area contributed by atoms with Crippen molar-refractivity contribution in [3.05, 3.63) is 0 Å². The second kappa shape index (κ2) is 2.70. The molecule has 1 unspecified atom stereocenters. The van der Waals surface area contributed by atoms with Gasteiger partial charge in [-0.3, -0.25) is 9.00 Å². The van der Waals surface area contributed by atoms with Crippen LogP contribution in [0.2, 0.25) is 0 Å². The summed E-state index contributed by atoms with van der Waals surface area (Å²) in [5.74, 6) is -2.13. The lowest BCUT2D eigenvalue weighted by atomic mass is 10.8. The van der Waals surface area contributed by atoms with Crippen molar-refractivity contribution >= 4 is 17.0 Å². The van der Waals surface area contributed by atoms with Gasteiger partial charge in [0.1, 0.15) is 5.75 Å². The molecule has 1 atom stereocenters. The first-order chi connectivity index (χ1) is 3.13. The maximum Gasteiger partial charge on any atom is 0.314 e. The van der Waals surface area contributed by atoms with E-state index in [9.17, 15) is 13.6 Å². The second-order valence-electron chi connectivity index (χ2n) is 0.842. The topological polar surface area (TPSA) is 77.4 Å². The Balaban J connectivity index is 3.32. The maximum absolute atomic E-state index is 9.43. The van der Waals surface area contributed by atoms with Gasteiger partial charge in [-0.05, 0) is 11.1 Å². The highest BCUT2D eigenvalue weighted by Gasteiger charge is 1.91. The van der Waals surface area contributed by atoms with Crippen molar-refractivity contribution < 1.29 is 18.7 Å². The fourth-order valence-corrected chi connectivity index (χ4v) is 0.302. The van der Waals surface area contributed by atoms with E-state index in [2.05, 4.69) is 0 Å². The predicted molar refractivity (Wildman–Crippen MR) is 21.4 cm³/mol. The van der Waals surface area contributed by atoms with Crippen molar-refractivity contribution in [1.82, 2.24) is 0 Å². The maximum atomic E-state index is 9.43. The lowest BCUT2D eigenvalue weighted by Gasteiger charge is -1.96. The molecule has 0 aromatic carbocycles. The van der Waals surface area contributed by atoms with Crippen LogP contribution in [0.1, 0.15) is 0 Å². The third-order valence-corrected chi connectivity index (χ3v) is 0.724. The predicted octanol–water partition coefficient (Wildman–Crippen LogP) is -1.05. The van der Waals surface area contributed by atoms with E-state index in [4.69, 9.17) is 5.11 Å². The molecule has 0 aromatic heterocycles. The number of aliphatic carboxylic acids is 1. The van der Waals surface area contributed by atoms with Crippen LogP contribution in [0.4, 0.5) is 0 Å². The zero-order chi connectivity index (χ0) is 5.86. The summed E-state index contributed by atoms with van der Waals surface area (Å²) in [6.45, 7) is 0. The molecule has 4 nitrogen and oxygen atoms in total. The van der Waals surface area contributed by atoms with Crippen LogP contribution >= 0.6 is 0 Å². The van der Waals surface area contributed by atoms with Crippen LogP contribution in [0.15, 0.2) is 0 Å². The molecule has 0 aromatic rings. The highest BCUT2D eigenvalue weighted by molar-refractivity contribution is 7.79. The first-order valence-corrected chi connectivity index (χ1v) is 2.65. The Morgan fingerprint density at radius 2 is 2.29 bits per heavy atom. The number of carbonyl (C=O) groups is 1. The second-order valence-corrected chi connectivity index (χ2v) is 1.74. The van der Waals surface area contributed by atoms with E-state index >= 15 is 0 Å². The molecular formula is C2H3O4S-. The molecule has 0 aliphatic rings. The largest absolute Gasteiger partial charge is 0.772 e. The molecular weight excluding hydrogens is 120 g/mol. The Kier molecular flexibility index (Phi) is 2.54. The van der Waals surface area contributed by atoms with Crippen LogP contribution in [0.3, 0.4) is 0 Å². The van der Waals surface area contributed by atoms with Gasteiger partial charge in [0, 0.05) is 0 Å². The van der Waals surface area contributed by atoms with E-state index in [1.54, 1.807) is 0 Å². The van der Waals surface area contributed by atoms with Crippen molar-refractivity contribution in [1.29, 1.82) is 0 Å². The standard InChI is InChI=1S/C2H4O4S/c3-2(4)1-7(5)6/h1H2,(H,3,4)(H,5,6)/p-1. The number of rotatable bonds is 2. The van der Waals surface area contributed by atoms with Gasteiger partial charge in [0.05, 0.1) is 0 Å². The Hall–Kier alpha value is -0.420. The van der Waals surface area contributed by atoms with Crippen LogP contribution in [-0.4, -0.2) is 25.6 Å². The third kappa shape index (κ3) is 5.58. The van der Waals surface area contributed by atoms with E-state index < -0.39 is 22.8 Å². The highest BCUT2D eigenvalue weighted by Crippen LogP contribution is 1.69. The molecule has 1 N–H and O–H groups in total. The normalized spacial score (nSPS) is 13.3. The van der Waals surface area contributed by atoms with Gasteiger partial charge < -0.3 is 9.66 Å². The molecule has 0 saturated heterocycles. The number of hydrogen-bond acceptors (Lipinski definition) is 3. The number of carboxylic acid groups (broad SMARTS) is 1. The summed E-state index contributed by atoms with van der Waals surface area (Å²) in [6, 6.07) is 0. The average molecular weight is 123 g/mol. The molecule has 0 fully saturated rings. The molecule has 0 aliphatic carbocycles. The van der Waals surface area contributed by atoms with E-state index in [-0.39, 0.29) is 0 Å². The highest BCUT2D eigenvalue weighted by atomic mass is 32.2. The van der Waals surface area contributed by atoms with Crippen molar-refractivity contribution in [2.45, 2.75) is 0 Å². The summed E-state index contributed by atoms with van der Waals surface area (Å²) < 4.78 is 18.9. The summed E-state index contributed by atoms with van der Waals surface area (Å²) in [7, 11) is 0. The molecule has 7 heavy (non-hydrogen) atoms. The summed E-state index contributed by atoms with van der Waals surface area (Å²) in [5.41, 5.74) is 0. The fraction of sp³-hybridized carbons (Fsp3) is 0.500. The van der Waals surface area contributed by atoms with Crippen LogP contribution in [0.5, 0.6) is 0 Å². The van der Waals surface area contributed by atoms with Crippen LogP contribution in [-0.2, 0) is 15.9 Å². The van der Waals surface area contributed by atoms with Gasteiger partial charge in [-0.25, -0.2) is 0 Å². The van der Waals surface area contributed by atoms with E-state index in [0.29, 0.717) is 0 Å². The van der Waals surface area contributed by atoms with Crippen LogP contribution in [0, 0.1) is 0 Å². The van der Waals surface area contributed by atoms with Crippen LogP contribution < -0.4 is 0 Å². The zero-order valence-electron chi connectivity index (χ0n) is 3.29. The van der Waals surface area contributed by atoms with Crippen molar-refractivity contribution in [3.8, 4) is 0 Å². The first kappa shape index (κ1) is 6.58. The Bertz CT molecular complexity index is 85.9. The monoisotopic (exact) mass is 123 g/mol. The average Bonchev–Trinajstić information content (AvgIpc) is 1.27. The Morgan fingerprint density at radius 1 is 1.86 bits per heavy atom. The van der Waals surface area contributed by atoms with Crippen molar-refractivity contribution in [2.75, 3.05) is 5.75 Å². The minimum Gasteiger partial charge on any atom is -0.772 e. The van der Waals surface area contributed by atoms with Gasteiger partial charge in [0.25, 0.3) is 0 Å². The molecule has 42 valence electrons. The van der Waals surface area contributed by atoms with Gasteiger partial charge in [0.15, 0.2) is 0 Å². The van der Waals surface area contributed by atoms with Gasteiger partial charge >= 0.3 is 5.97 Å². The smallest absolute Gasteiger partial charge is 0.314 e. The fourth-order valence-electron chi connectivity index (χ4n) is 0.101. The molecule has 0 heterocycles. The van der Waals surface area contributed by atoms with Crippen molar-refractivity contribution in [2.24, 2.45) is 0 Å². The summed E-state index contributed by atoms with van der Waals surface area (Å²) in [6.07, 6.45) is 0. The lowest BCUT2D eigenvalue weighted by Crippen LogP contribution is -2.07. The molecule has 0 saturated carbocycles. The molecule has 0 bridgehead atoms. The first-order valence-electron chi connectivity index (χ1n) is 1.40. The summed E-state index contributed by atoms with van der Waals surface area (Å²) in [5, 5.41) is 7.69. The quantitative estimate of drug-likeness (QED) is 0.475. The minimum atomic E-state index is -2.45. The van der Waals surface area contributed by atoms with E-state index in [1.807, 2.05) is 0 Å². The van der Waals surface area contributed by atoms with Crippen LogP contribution in [0.25, 0.3) is 0 Å². The number of carboxylic acids is 1. The third-order valence-electron chi connectivity index (χ3n) is 0.241.